The third-order valence-electron chi connectivity index (χ3n) is 6.48. The second kappa shape index (κ2) is 10.0. The first-order chi connectivity index (χ1) is 17.7. The minimum atomic E-state index is -0.144. The smallest absolute Gasteiger partial charge is 0.252 e. The van der Waals surface area contributed by atoms with E-state index in [0.29, 0.717) is 62.0 Å². The Morgan fingerprint density at radius 1 is 1.08 bits per heavy atom. The van der Waals surface area contributed by atoms with Crippen molar-refractivity contribution in [2.24, 2.45) is 0 Å². The van der Waals surface area contributed by atoms with E-state index < -0.39 is 0 Å². The summed E-state index contributed by atoms with van der Waals surface area (Å²) in [7, 11) is 0. The summed E-state index contributed by atoms with van der Waals surface area (Å²) in [4.78, 5) is 22.5. The van der Waals surface area contributed by atoms with Crippen molar-refractivity contribution >= 4 is 10.9 Å². The van der Waals surface area contributed by atoms with Crippen molar-refractivity contribution in [3.63, 3.8) is 0 Å². The van der Waals surface area contributed by atoms with Crippen molar-refractivity contribution in [1.29, 1.82) is 0 Å². The maximum Gasteiger partial charge on any atom is 0.252 e. The van der Waals surface area contributed by atoms with Gasteiger partial charge in [0.15, 0.2) is 17.3 Å². The average Bonchev–Trinajstić information content (AvgIpc) is 3.56. The number of benzene rings is 1. The topological polar surface area (TPSA) is 120 Å². The molecule has 3 aromatic heterocycles. The quantitative estimate of drug-likeness (QED) is 0.396. The maximum atomic E-state index is 13.1. The lowest BCUT2D eigenvalue weighted by atomic mass is 10.1. The van der Waals surface area contributed by atoms with Crippen molar-refractivity contribution in [2.45, 2.75) is 45.1 Å². The largest absolute Gasteiger partial charge is 0.486 e. The van der Waals surface area contributed by atoms with Crippen LogP contribution in [0.1, 0.15) is 29.8 Å². The molecule has 1 atom stereocenters. The van der Waals surface area contributed by atoms with Crippen LogP contribution < -0.4 is 15.0 Å². The minimum Gasteiger partial charge on any atom is -0.486 e. The van der Waals surface area contributed by atoms with Crippen LogP contribution in [-0.4, -0.2) is 61.0 Å². The predicted molar refractivity (Wildman–Crippen MR) is 130 cm³/mol. The Morgan fingerprint density at radius 3 is 2.78 bits per heavy atom. The van der Waals surface area contributed by atoms with Crippen LogP contribution in [0, 0.1) is 0 Å². The van der Waals surface area contributed by atoms with E-state index in [1.165, 1.54) is 0 Å². The van der Waals surface area contributed by atoms with Gasteiger partial charge in [-0.1, -0.05) is 6.07 Å². The van der Waals surface area contributed by atoms with Gasteiger partial charge in [-0.25, -0.2) is 4.68 Å². The molecule has 5 heterocycles. The number of tetrazole rings is 1. The lowest BCUT2D eigenvalue weighted by Gasteiger charge is -2.22. The highest BCUT2D eigenvalue weighted by Gasteiger charge is 2.21. The summed E-state index contributed by atoms with van der Waals surface area (Å²) in [6.07, 6.45) is 5.76. The van der Waals surface area contributed by atoms with Gasteiger partial charge in [-0.3, -0.25) is 14.7 Å². The summed E-state index contributed by atoms with van der Waals surface area (Å²) >= 11 is 0. The van der Waals surface area contributed by atoms with Gasteiger partial charge in [0.05, 0.1) is 24.7 Å². The average molecular weight is 490 g/mol. The number of nitrogens with zero attached hydrogens (tertiary/aromatic N) is 6. The van der Waals surface area contributed by atoms with Crippen molar-refractivity contribution in [3.8, 4) is 11.5 Å². The Morgan fingerprint density at radius 2 is 1.97 bits per heavy atom. The van der Waals surface area contributed by atoms with Gasteiger partial charge in [-0.15, -0.1) is 5.10 Å². The molecule has 186 valence electrons. The number of rotatable bonds is 8. The highest BCUT2D eigenvalue weighted by Crippen LogP contribution is 2.33. The third kappa shape index (κ3) is 4.93. The molecule has 0 saturated carbocycles. The number of H-pyrrole nitrogens is 1. The Bertz CT molecular complexity index is 1400. The van der Waals surface area contributed by atoms with Gasteiger partial charge < -0.3 is 19.2 Å². The predicted octanol–water partition coefficient (Wildman–Crippen LogP) is 2.06. The Labute approximate surface area is 207 Å². The van der Waals surface area contributed by atoms with E-state index in [4.69, 9.17) is 14.2 Å². The molecule has 0 aliphatic carbocycles. The second-order valence-electron chi connectivity index (χ2n) is 9.13. The summed E-state index contributed by atoms with van der Waals surface area (Å²) in [5.41, 5.74) is 2.25. The van der Waals surface area contributed by atoms with Crippen molar-refractivity contribution < 1.29 is 14.2 Å². The van der Waals surface area contributed by atoms with Crippen LogP contribution in [0.25, 0.3) is 10.9 Å². The number of ether oxygens (including phenoxy) is 3. The van der Waals surface area contributed by atoms with E-state index in [0.717, 1.165) is 36.2 Å². The normalized spacial score (nSPS) is 17.2. The SMILES string of the molecule is O=c1[nH]c2cc3c(cc2cc1CN(Cc1cccnc1)Cc1nnnn1C[C@H]1CCCO1)OCCO3. The first-order valence-electron chi connectivity index (χ1n) is 12.1. The fraction of sp³-hybridized carbons (Fsp3) is 0.400. The molecule has 1 saturated heterocycles. The summed E-state index contributed by atoms with van der Waals surface area (Å²) in [6.45, 7) is 3.85. The highest BCUT2D eigenvalue weighted by atomic mass is 16.6. The van der Waals surface area contributed by atoms with Gasteiger partial charge in [0.2, 0.25) is 0 Å². The second-order valence-corrected chi connectivity index (χ2v) is 9.13. The van der Waals surface area contributed by atoms with Gasteiger partial charge in [-0.2, -0.15) is 0 Å². The van der Waals surface area contributed by atoms with Crippen molar-refractivity contribution in [1.82, 2.24) is 35.1 Å². The van der Waals surface area contributed by atoms with Crippen molar-refractivity contribution in [3.05, 3.63) is 70.0 Å². The molecular weight excluding hydrogens is 462 g/mol. The molecule has 0 radical (unpaired) electrons. The zero-order valence-electron chi connectivity index (χ0n) is 19.8. The number of hydrogen-bond acceptors (Lipinski definition) is 9. The zero-order valence-corrected chi connectivity index (χ0v) is 19.8. The Hall–Kier alpha value is -3.83. The molecule has 2 aliphatic heterocycles. The van der Waals surface area contributed by atoms with Crippen LogP contribution in [0.15, 0.2) is 47.5 Å². The highest BCUT2D eigenvalue weighted by molar-refractivity contribution is 5.83. The molecule has 36 heavy (non-hydrogen) atoms. The first kappa shape index (κ1) is 22.6. The maximum absolute atomic E-state index is 13.1. The zero-order chi connectivity index (χ0) is 24.3. The van der Waals surface area contributed by atoms with Gasteiger partial charge in [0.1, 0.15) is 13.2 Å². The van der Waals surface area contributed by atoms with Crippen LogP contribution in [0.5, 0.6) is 11.5 Å². The van der Waals surface area contributed by atoms with Crippen LogP contribution in [0.3, 0.4) is 0 Å². The third-order valence-corrected chi connectivity index (χ3v) is 6.48. The summed E-state index contributed by atoms with van der Waals surface area (Å²) in [5, 5.41) is 13.3. The number of aromatic nitrogens is 6. The van der Waals surface area contributed by atoms with E-state index in [-0.39, 0.29) is 11.7 Å². The molecule has 0 bridgehead atoms. The Balaban J connectivity index is 1.28. The van der Waals surface area contributed by atoms with Gasteiger partial charge in [0.25, 0.3) is 5.56 Å². The standard InChI is InChI=1S/C25H27N7O4/c33-25-19(9-18-10-22-23(11-21(18)27-25)36-8-7-35-22)14-31(13-17-3-1-5-26-12-17)16-24-28-29-30-32(24)15-20-4-2-6-34-20/h1,3,5,9-12,20H,2,4,6-8,13-16H2,(H,27,33)/t20-/m1/s1. The summed E-state index contributed by atoms with van der Waals surface area (Å²) < 4.78 is 19.0. The fourth-order valence-corrected chi connectivity index (χ4v) is 4.72. The number of fused-ring (bicyclic) bond motifs is 2. The van der Waals surface area contributed by atoms with Crippen LogP contribution >= 0.6 is 0 Å². The van der Waals surface area contributed by atoms with Crippen LogP contribution in [0.2, 0.25) is 0 Å². The van der Waals surface area contributed by atoms with Crippen LogP contribution in [-0.2, 0) is 30.9 Å². The molecule has 0 spiro atoms. The molecule has 0 amide bonds. The van der Waals surface area contributed by atoms with Crippen molar-refractivity contribution in [2.75, 3.05) is 19.8 Å². The summed E-state index contributed by atoms with van der Waals surface area (Å²) in [6, 6.07) is 9.57. The molecule has 4 aromatic rings. The van der Waals surface area contributed by atoms with Gasteiger partial charge in [-0.05, 0) is 47.0 Å². The number of nitrogens with one attached hydrogen (secondary N) is 1. The molecule has 11 heteroatoms. The number of aromatic amines is 1. The molecule has 1 fully saturated rings. The lowest BCUT2D eigenvalue weighted by molar-refractivity contribution is 0.0914. The number of hydrogen-bond donors (Lipinski definition) is 1. The van der Waals surface area contributed by atoms with Gasteiger partial charge >= 0.3 is 0 Å². The van der Waals surface area contributed by atoms with E-state index >= 15 is 0 Å². The molecule has 2 aliphatic rings. The number of pyridine rings is 2. The Kier molecular flexibility index (Phi) is 6.31. The molecule has 11 nitrogen and oxygen atoms in total. The molecule has 0 unspecified atom stereocenters. The molecule has 1 N–H and O–H groups in total. The molecule has 1 aromatic carbocycles. The van der Waals surface area contributed by atoms with Crippen LogP contribution in [0.4, 0.5) is 0 Å². The fourth-order valence-electron chi connectivity index (χ4n) is 4.72. The van der Waals surface area contributed by atoms with E-state index in [2.05, 4.69) is 30.4 Å². The monoisotopic (exact) mass is 489 g/mol. The minimum absolute atomic E-state index is 0.125. The molecular formula is C25H27N7O4. The lowest BCUT2D eigenvalue weighted by Crippen LogP contribution is -2.29. The first-order valence-corrected chi connectivity index (χ1v) is 12.1. The van der Waals surface area contributed by atoms with E-state index in [1.807, 2.05) is 36.5 Å². The molecule has 6 rings (SSSR count). The van der Waals surface area contributed by atoms with Gasteiger partial charge in [0, 0.05) is 49.1 Å². The van der Waals surface area contributed by atoms with E-state index in [1.54, 1.807) is 10.9 Å². The summed E-state index contributed by atoms with van der Waals surface area (Å²) in [5.74, 6) is 2.06. The van der Waals surface area contributed by atoms with E-state index in [9.17, 15) is 4.79 Å².